The van der Waals surface area contributed by atoms with Crippen LogP contribution in [-0.4, -0.2) is 16.9 Å². The van der Waals surface area contributed by atoms with E-state index in [2.05, 4.69) is 10.3 Å². The van der Waals surface area contributed by atoms with E-state index < -0.39 is 0 Å². The first-order valence-electron chi connectivity index (χ1n) is 6.06. The van der Waals surface area contributed by atoms with E-state index in [0.717, 1.165) is 23.4 Å². The van der Waals surface area contributed by atoms with Gasteiger partial charge < -0.3 is 10.8 Å². The van der Waals surface area contributed by atoms with Gasteiger partial charge in [-0.25, -0.2) is 4.99 Å². The molecule has 0 aromatic carbocycles. The predicted octanol–water partition coefficient (Wildman–Crippen LogP) is 0.626. The largest absolute Gasteiger partial charge is 0.861 e. The van der Waals surface area contributed by atoms with Gasteiger partial charge in [0.1, 0.15) is 0 Å². The number of hydrogen-bond acceptors (Lipinski definition) is 6. The molecule has 1 aliphatic rings. The quantitative estimate of drug-likeness (QED) is 0.485. The molecule has 1 aromatic rings. The van der Waals surface area contributed by atoms with Gasteiger partial charge in [0.25, 0.3) is 6.20 Å². The van der Waals surface area contributed by atoms with Crippen LogP contribution in [0.25, 0.3) is 0 Å². The Morgan fingerprint density at radius 3 is 3.05 bits per heavy atom. The number of allylic oxidation sites excluding steroid dienone is 4. The van der Waals surface area contributed by atoms with Crippen molar-refractivity contribution in [1.29, 1.82) is 0 Å². The van der Waals surface area contributed by atoms with Crippen LogP contribution in [0.15, 0.2) is 38.5 Å². The molecule has 0 saturated carbocycles. The standard InChI is InChI=1S/C12H16N4O2S/c1-2-16-7-12(18-15-16)14-11(17)8-19-10-5-3-9(13)4-6-10/h3,5,7H,2,4,6,8,13H2,1H3. The van der Waals surface area contributed by atoms with Gasteiger partial charge in [0.05, 0.1) is 0 Å². The fourth-order valence-corrected chi connectivity index (χ4v) is 2.32. The molecular formula is C12H16N4O2S. The highest BCUT2D eigenvalue weighted by molar-refractivity contribution is 8.03. The van der Waals surface area contributed by atoms with E-state index in [1.54, 1.807) is 10.9 Å². The number of aromatic nitrogens is 2. The summed E-state index contributed by atoms with van der Waals surface area (Å²) in [6, 6.07) is 0. The highest BCUT2D eigenvalue weighted by atomic mass is 32.2. The summed E-state index contributed by atoms with van der Waals surface area (Å²) in [5.41, 5.74) is 6.55. The van der Waals surface area contributed by atoms with Crippen molar-refractivity contribution in [2.24, 2.45) is 10.7 Å². The predicted molar refractivity (Wildman–Crippen MR) is 71.5 cm³/mol. The third-order valence-electron chi connectivity index (χ3n) is 2.58. The molecule has 1 aliphatic carbocycles. The van der Waals surface area contributed by atoms with Crippen LogP contribution in [0.3, 0.4) is 0 Å². The first kappa shape index (κ1) is 13.7. The molecule has 2 rings (SSSR count). The zero-order chi connectivity index (χ0) is 13.7. The zero-order valence-electron chi connectivity index (χ0n) is 10.7. The average Bonchev–Trinajstić information content (AvgIpc) is 2.86. The van der Waals surface area contributed by atoms with Gasteiger partial charge >= 0.3 is 5.88 Å². The molecule has 0 saturated heterocycles. The molecule has 6 nitrogen and oxygen atoms in total. The second kappa shape index (κ2) is 6.42. The van der Waals surface area contributed by atoms with Crippen LogP contribution < -0.4 is 15.5 Å². The van der Waals surface area contributed by atoms with E-state index in [0.29, 0.717) is 12.3 Å². The summed E-state index contributed by atoms with van der Waals surface area (Å²) < 4.78 is 6.49. The normalized spacial score (nSPS) is 16.2. The van der Waals surface area contributed by atoms with Crippen molar-refractivity contribution in [3.05, 3.63) is 29.0 Å². The van der Waals surface area contributed by atoms with E-state index in [9.17, 15) is 5.11 Å². The fraction of sp³-hybridized carbons (Fsp3) is 0.417. The Labute approximate surface area is 115 Å². The minimum atomic E-state index is -0.229. The Morgan fingerprint density at radius 2 is 2.42 bits per heavy atom. The van der Waals surface area contributed by atoms with Crippen molar-refractivity contribution in [2.45, 2.75) is 26.3 Å². The van der Waals surface area contributed by atoms with Crippen LogP contribution in [0.5, 0.6) is 0 Å². The monoisotopic (exact) mass is 280 g/mol. The van der Waals surface area contributed by atoms with Gasteiger partial charge in [0.15, 0.2) is 6.54 Å². The van der Waals surface area contributed by atoms with E-state index in [4.69, 9.17) is 10.3 Å². The summed E-state index contributed by atoms with van der Waals surface area (Å²) in [6.07, 6.45) is 7.18. The number of aliphatic imine (C=N–C) groups is 1. The van der Waals surface area contributed by atoms with Crippen LogP contribution in [0.2, 0.25) is 0 Å². The summed E-state index contributed by atoms with van der Waals surface area (Å²) in [5.74, 6) is 0.314. The number of aryl methyl sites for hydroxylation is 1. The molecule has 0 atom stereocenters. The lowest BCUT2D eigenvalue weighted by atomic mass is 10.1. The van der Waals surface area contributed by atoms with Crippen molar-refractivity contribution in [1.82, 2.24) is 5.27 Å². The van der Waals surface area contributed by atoms with Crippen LogP contribution in [-0.2, 0) is 6.54 Å². The van der Waals surface area contributed by atoms with Gasteiger partial charge in [0.2, 0.25) is 5.27 Å². The van der Waals surface area contributed by atoms with Crippen molar-refractivity contribution in [3.63, 3.8) is 0 Å². The van der Waals surface area contributed by atoms with Crippen molar-refractivity contribution < 1.29 is 14.3 Å². The summed E-state index contributed by atoms with van der Waals surface area (Å²) >= 11 is 1.49. The molecule has 0 radical (unpaired) electrons. The first-order valence-corrected chi connectivity index (χ1v) is 7.05. The molecule has 1 aromatic heterocycles. The Hall–Kier alpha value is -1.76. The van der Waals surface area contributed by atoms with Gasteiger partial charge in [-0.3, -0.25) is 4.52 Å². The maximum absolute atomic E-state index is 11.7. The van der Waals surface area contributed by atoms with Crippen LogP contribution in [0.1, 0.15) is 19.8 Å². The van der Waals surface area contributed by atoms with Gasteiger partial charge in [-0.2, -0.15) is 0 Å². The van der Waals surface area contributed by atoms with Crippen molar-refractivity contribution >= 4 is 23.5 Å². The SMILES string of the molecule is CC[n+]1cc(/N=C(/[O-])CSC2=CC=C(N)CC2)on1. The zero-order valence-corrected chi connectivity index (χ0v) is 11.5. The lowest BCUT2D eigenvalue weighted by molar-refractivity contribution is -0.759. The minimum Gasteiger partial charge on any atom is -0.861 e. The lowest BCUT2D eigenvalue weighted by Crippen LogP contribution is -2.32. The van der Waals surface area contributed by atoms with Gasteiger partial charge in [0, 0.05) is 11.4 Å². The van der Waals surface area contributed by atoms with Gasteiger partial charge in [-0.15, -0.1) is 11.8 Å². The lowest BCUT2D eigenvalue weighted by Gasteiger charge is -2.13. The first-order chi connectivity index (χ1) is 9.17. The van der Waals surface area contributed by atoms with Crippen molar-refractivity contribution in [2.75, 3.05) is 5.75 Å². The number of rotatable bonds is 5. The third-order valence-corrected chi connectivity index (χ3v) is 3.68. The molecule has 0 aliphatic heterocycles. The second-order valence-corrected chi connectivity index (χ2v) is 5.17. The average molecular weight is 280 g/mol. The molecule has 0 unspecified atom stereocenters. The van der Waals surface area contributed by atoms with E-state index in [1.807, 2.05) is 19.1 Å². The smallest absolute Gasteiger partial charge is 0.320 e. The number of hydrogen-bond donors (Lipinski definition) is 1. The van der Waals surface area contributed by atoms with Crippen LogP contribution in [0.4, 0.5) is 5.88 Å². The molecule has 0 bridgehead atoms. The topological polar surface area (TPSA) is 91.3 Å². The molecule has 0 amide bonds. The van der Waals surface area contributed by atoms with Gasteiger partial charge in [-0.1, -0.05) is 10.8 Å². The Balaban J connectivity index is 1.88. The van der Waals surface area contributed by atoms with Crippen LogP contribution in [0, 0.1) is 0 Å². The minimum absolute atomic E-state index is 0.229. The molecular weight excluding hydrogens is 264 g/mol. The van der Waals surface area contributed by atoms with E-state index >= 15 is 0 Å². The highest BCUT2D eigenvalue weighted by Gasteiger charge is 2.08. The molecule has 19 heavy (non-hydrogen) atoms. The van der Waals surface area contributed by atoms with E-state index in [1.165, 1.54) is 11.8 Å². The Morgan fingerprint density at radius 1 is 1.58 bits per heavy atom. The fourth-order valence-electron chi connectivity index (χ4n) is 1.53. The second-order valence-electron chi connectivity index (χ2n) is 4.06. The molecule has 1 heterocycles. The Bertz CT molecular complexity index is 534. The van der Waals surface area contributed by atoms with Crippen LogP contribution >= 0.6 is 11.8 Å². The number of nitrogens with two attached hydrogens (primary N) is 1. The molecule has 2 N–H and O–H groups in total. The molecule has 102 valence electrons. The summed E-state index contributed by atoms with van der Waals surface area (Å²) in [5, 5.41) is 15.4. The maximum atomic E-state index is 11.7. The molecule has 0 spiro atoms. The van der Waals surface area contributed by atoms with E-state index in [-0.39, 0.29) is 11.8 Å². The summed E-state index contributed by atoms with van der Waals surface area (Å²) in [4.78, 5) is 5.00. The molecule has 7 heteroatoms. The third kappa shape index (κ3) is 4.13. The van der Waals surface area contributed by atoms with Crippen molar-refractivity contribution in [3.8, 4) is 0 Å². The number of nitrogens with zero attached hydrogens (tertiary/aromatic N) is 3. The number of thioether (sulfide) groups is 1. The molecule has 0 fully saturated rings. The maximum Gasteiger partial charge on any atom is 0.320 e. The van der Waals surface area contributed by atoms with Gasteiger partial charge in [-0.05, 0) is 36.6 Å². The highest BCUT2D eigenvalue weighted by Crippen LogP contribution is 2.25. The Kier molecular flexibility index (Phi) is 4.62. The summed E-state index contributed by atoms with van der Waals surface area (Å²) in [7, 11) is 0. The summed E-state index contributed by atoms with van der Waals surface area (Å²) in [6.45, 7) is 2.61.